The Kier molecular flexibility index (Phi) is 2.57. The first-order valence-electron chi connectivity index (χ1n) is 6.40. The topological polar surface area (TPSA) is 72.3 Å². The number of hydrogen-bond donors (Lipinski definition) is 1. The number of nitrogen functional groups attached to an aromatic ring is 1. The Labute approximate surface area is 106 Å². The Morgan fingerprint density at radius 2 is 2.17 bits per heavy atom. The SMILES string of the molecule is CC1CCCN(c2nnc3c(N)nccn23)C1C. The highest BCUT2D eigenvalue weighted by Crippen LogP contribution is 2.27. The fourth-order valence-electron chi connectivity index (χ4n) is 2.65. The predicted octanol–water partition coefficient (Wildman–Crippen LogP) is 1.33. The molecule has 2 aromatic rings. The van der Waals surface area contributed by atoms with Gasteiger partial charge in [0.25, 0.3) is 0 Å². The molecule has 1 aliphatic rings. The van der Waals surface area contributed by atoms with Crippen molar-refractivity contribution in [1.29, 1.82) is 0 Å². The van der Waals surface area contributed by atoms with Gasteiger partial charge in [-0.25, -0.2) is 4.98 Å². The minimum absolute atomic E-state index is 0.425. The van der Waals surface area contributed by atoms with E-state index >= 15 is 0 Å². The monoisotopic (exact) mass is 246 g/mol. The van der Waals surface area contributed by atoms with Crippen molar-refractivity contribution < 1.29 is 0 Å². The largest absolute Gasteiger partial charge is 0.381 e. The van der Waals surface area contributed by atoms with Gasteiger partial charge in [-0.1, -0.05) is 6.92 Å². The first kappa shape index (κ1) is 11.3. The van der Waals surface area contributed by atoms with Crippen molar-refractivity contribution in [3.05, 3.63) is 12.4 Å². The molecule has 0 spiro atoms. The third-order valence-corrected chi connectivity index (χ3v) is 3.97. The lowest BCUT2D eigenvalue weighted by molar-refractivity contribution is 0.359. The van der Waals surface area contributed by atoms with Crippen molar-refractivity contribution in [2.24, 2.45) is 5.92 Å². The molecule has 2 aromatic heterocycles. The maximum atomic E-state index is 5.81. The fourth-order valence-corrected chi connectivity index (χ4v) is 2.65. The minimum atomic E-state index is 0.425. The third-order valence-electron chi connectivity index (χ3n) is 3.97. The van der Waals surface area contributed by atoms with E-state index < -0.39 is 0 Å². The average Bonchev–Trinajstić information content (AvgIpc) is 2.78. The molecule has 3 rings (SSSR count). The molecular weight excluding hydrogens is 228 g/mol. The molecule has 6 nitrogen and oxygen atoms in total. The Morgan fingerprint density at radius 3 is 3.00 bits per heavy atom. The molecule has 0 saturated carbocycles. The lowest BCUT2D eigenvalue weighted by Crippen LogP contribution is -2.43. The number of piperidine rings is 1. The summed E-state index contributed by atoms with van der Waals surface area (Å²) in [5, 5.41) is 8.42. The number of nitrogens with zero attached hydrogens (tertiary/aromatic N) is 5. The van der Waals surface area contributed by atoms with Crippen LogP contribution in [0.2, 0.25) is 0 Å². The van der Waals surface area contributed by atoms with Crippen LogP contribution >= 0.6 is 0 Å². The van der Waals surface area contributed by atoms with Crippen molar-refractivity contribution in [2.45, 2.75) is 32.7 Å². The number of fused-ring (bicyclic) bond motifs is 1. The highest BCUT2D eigenvalue weighted by atomic mass is 15.4. The van der Waals surface area contributed by atoms with Gasteiger partial charge in [0.1, 0.15) is 0 Å². The molecule has 1 fully saturated rings. The van der Waals surface area contributed by atoms with Crippen LogP contribution in [0.1, 0.15) is 26.7 Å². The van der Waals surface area contributed by atoms with Gasteiger partial charge in [-0.15, -0.1) is 10.2 Å². The molecule has 2 N–H and O–H groups in total. The minimum Gasteiger partial charge on any atom is -0.381 e. The first-order chi connectivity index (χ1) is 8.68. The third kappa shape index (κ3) is 1.60. The number of aromatic nitrogens is 4. The van der Waals surface area contributed by atoms with E-state index in [1.165, 1.54) is 12.8 Å². The van der Waals surface area contributed by atoms with E-state index in [4.69, 9.17) is 5.73 Å². The van der Waals surface area contributed by atoms with E-state index in [1.807, 2.05) is 10.6 Å². The zero-order valence-corrected chi connectivity index (χ0v) is 10.7. The van der Waals surface area contributed by atoms with Crippen molar-refractivity contribution in [2.75, 3.05) is 17.2 Å². The molecule has 0 bridgehead atoms. The summed E-state index contributed by atoms with van der Waals surface area (Å²) < 4.78 is 1.93. The summed E-state index contributed by atoms with van der Waals surface area (Å²) in [5.41, 5.74) is 6.45. The molecule has 1 aliphatic heterocycles. The first-order valence-corrected chi connectivity index (χ1v) is 6.40. The summed E-state index contributed by atoms with van der Waals surface area (Å²) in [7, 11) is 0. The van der Waals surface area contributed by atoms with E-state index in [9.17, 15) is 0 Å². The van der Waals surface area contributed by atoms with Crippen molar-refractivity contribution >= 4 is 17.4 Å². The second-order valence-corrected chi connectivity index (χ2v) is 5.06. The second-order valence-electron chi connectivity index (χ2n) is 5.06. The molecule has 6 heteroatoms. The van der Waals surface area contributed by atoms with Crippen LogP contribution in [0.15, 0.2) is 12.4 Å². The van der Waals surface area contributed by atoms with Gasteiger partial charge in [0.05, 0.1) is 0 Å². The molecule has 0 amide bonds. The van der Waals surface area contributed by atoms with Crippen LogP contribution in [0, 0.1) is 5.92 Å². The Hall–Kier alpha value is -1.85. The maximum Gasteiger partial charge on any atom is 0.232 e. The van der Waals surface area contributed by atoms with Crippen LogP contribution in [-0.4, -0.2) is 32.2 Å². The quantitative estimate of drug-likeness (QED) is 0.821. The van der Waals surface area contributed by atoms with Crippen LogP contribution in [0.25, 0.3) is 5.65 Å². The van der Waals surface area contributed by atoms with E-state index in [0.717, 1.165) is 12.5 Å². The molecule has 96 valence electrons. The lowest BCUT2D eigenvalue weighted by Gasteiger charge is -2.37. The Bertz CT molecular complexity index is 563. The van der Waals surface area contributed by atoms with Crippen LogP contribution in [0.5, 0.6) is 0 Å². The van der Waals surface area contributed by atoms with Crippen LogP contribution in [-0.2, 0) is 0 Å². The van der Waals surface area contributed by atoms with E-state index in [-0.39, 0.29) is 0 Å². The Balaban J connectivity index is 2.06. The fraction of sp³-hybridized carbons (Fsp3) is 0.583. The van der Waals surface area contributed by atoms with Crippen molar-refractivity contribution in [3.8, 4) is 0 Å². The highest BCUT2D eigenvalue weighted by molar-refractivity contribution is 5.61. The predicted molar refractivity (Wildman–Crippen MR) is 70.4 cm³/mol. The van der Waals surface area contributed by atoms with Crippen molar-refractivity contribution in [1.82, 2.24) is 19.6 Å². The van der Waals surface area contributed by atoms with Gasteiger partial charge in [-0.2, -0.15) is 0 Å². The van der Waals surface area contributed by atoms with E-state index in [2.05, 4.69) is 33.9 Å². The zero-order chi connectivity index (χ0) is 12.7. The van der Waals surface area contributed by atoms with Crippen molar-refractivity contribution in [3.63, 3.8) is 0 Å². The average molecular weight is 246 g/mol. The highest BCUT2D eigenvalue weighted by Gasteiger charge is 2.28. The maximum absolute atomic E-state index is 5.81. The molecule has 2 unspecified atom stereocenters. The van der Waals surface area contributed by atoms with E-state index in [0.29, 0.717) is 23.4 Å². The van der Waals surface area contributed by atoms with Crippen LogP contribution in [0.4, 0.5) is 11.8 Å². The number of nitrogens with two attached hydrogens (primary N) is 1. The summed E-state index contributed by atoms with van der Waals surface area (Å²) in [4.78, 5) is 6.35. The van der Waals surface area contributed by atoms with Gasteiger partial charge in [0, 0.05) is 25.0 Å². The molecule has 3 heterocycles. The molecule has 1 saturated heterocycles. The van der Waals surface area contributed by atoms with Gasteiger partial charge in [-0.05, 0) is 25.7 Å². The molecule has 18 heavy (non-hydrogen) atoms. The van der Waals surface area contributed by atoms with Crippen LogP contribution in [0.3, 0.4) is 0 Å². The molecular formula is C12H18N6. The zero-order valence-electron chi connectivity index (χ0n) is 10.7. The lowest BCUT2D eigenvalue weighted by atomic mass is 9.92. The van der Waals surface area contributed by atoms with E-state index in [1.54, 1.807) is 6.20 Å². The standard InChI is InChI=1S/C12H18N6/c1-8-4-3-6-17(9(8)2)12-16-15-11-10(13)14-5-7-18(11)12/h5,7-9H,3-4,6H2,1-2H3,(H2,13,14). The molecule has 0 aromatic carbocycles. The summed E-state index contributed by atoms with van der Waals surface area (Å²) in [5.74, 6) is 1.97. The van der Waals surface area contributed by atoms with Gasteiger partial charge in [0.2, 0.25) is 11.6 Å². The van der Waals surface area contributed by atoms with Crippen LogP contribution < -0.4 is 10.6 Å². The van der Waals surface area contributed by atoms with Gasteiger partial charge in [0.15, 0.2) is 5.82 Å². The summed E-state index contributed by atoms with van der Waals surface area (Å²) in [6.45, 7) is 5.56. The number of hydrogen-bond acceptors (Lipinski definition) is 5. The molecule has 2 atom stereocenters. The number of anilines is 2. The summed E-state index contributed by atoms with van der Waals surface area (Å²) in [6.07, 6.45) is 6.03. The second kappa shape index (κ2) is 4.12. The van der Waals surface area contributed by atoms with Gasteiger partial charge < -0.3 is 10.6 Å². The smallest absolute Gasteiger partial charge is 0.232 e. The van der Waals surface area contributed by atoms with Gasteiger partial charge in [-0.3, -0.25) is 4.40 Å². The summed E-state index contributed by atoms with van der Waals surface area (Å²) >= 11 is 0. The normalized spacial score (nSPS) is 24.7. The number of rotatable bonds is 1. The molecule has 0 aliphatic carbocycles. The van der Waals surface area contributed by atoms with Gasteiger partial charge >= 0.3 is 0 Å². The Morgan fingerprint density at radius 1 is 1.33 bits per heavy atom. The summed E-state index contributed by atoms with van der Waals surface area (Å²) in [6, 6.07) is 0.473. The molecule has 0 radical (unpaired) electrons.